The first-order valence-electron chi connectivity index (χ1n) is 7.14. The molecule has 22 heavy (non-hydrogen) atoms. The minimum absolute atomic E-state index is 0.0991. The number of nitrogens with zero attached hydrogens (tertiary/aromatic N) is 2. The first kappa shape index (κ1) is 16.3. The lowest BCUT2D eigenvalue weighted by Gasteiger charge is -2.25. The molecule has 0 aliphatic carbocycles. The molecule has 120 valence electrons. The van der Waals surface area contributed by atoms with E-state index in [1.165, 1.54) is 4.90 Å². The summed E-state index contributed by atoms with van der Waals surface area (Å²) in [5.74, 6) is 0.292. The molecule has 7 heteroatoms. The third-order valence-electron chi connectivity index (χ3n) is 3.16. The molecule has 7 nitrogen and oxygen atoms in total. The van der Waals surface area contributed by atoms with Gasteiger partial charge in [0.15, 0.2) is 0 Å². The van der Waals surface area contributed by atoms with Crippen molar-refractivity contribution in [3.05, 3.63) is 24.3 Å². The quantitative estimate of drug-likeness (QED) is 0.899. The normalized spacial score (nSPS) is 15.2. The van der Waals surface area contributed by atoms with E-state index in [0.29, 0.717) is 31.2 Å². The molecule has 0 spiro atoms. The van der Waals surface area contributed by atoms with Gasteiger partial charge in [0.25, 0.3) is 0 Å². The number of hydrogen-bond acceptors (Lipinski definition) is 5. The maximum Gasteiger partial charge on any atom is 0.414 e. The van der Waals surface area contributed by atoms with Crippen LogP contribution in [0.3, 0.4) is 0 Å². The van der Waals surface area contributed by atoms with Crippen LogP contribution in [0.25, 0.3) is 0 Å². The molecular formula is C15H21N3O4. The van der Waals surface area contributed by atoms with E-state index in [0.717, 1.165) is 13.1 Å². The molecule has 1 aromatic rings. The number of morpholine rings is 1. The molecular weight excluding hydrogens is 286 g/mol. The van der Waals surface area contributed by atoms with Crippen molar-refractivity contribution in [2.45, 2.75) is 0 Å². The van der Waals surface area contributed by atoms with Crippen LogP contribution in [0, 0.1) is 0 Å². The summed E-state index contributed by atoms with van der Waals surface area (Å²) in [6.07, 6.45) is -0.461. The summed E-state index contributed by atoms with van der Waals surface area (Å²) < 4.78 is 10.4. The SMILES string of the molecule is CN(C)C(=O)Oc1cccc(NC(=O)CN2CCOCC2)c1. The van der Waals surface area contributed by atoms with Gasteiger partial charge in [0.2, 0.25) is 5.91 Å². The first-order valence-corrected chi connectivity index (χ1v) is 7.14. The van der Waals surface area contributed by atoms with Crippen molar-refractivity contribution in [2.24, 2.45) is 0 Å². The van der Waals surface area contributed by atoms with E-state index >= 15 is 0 Å². The summed E-state index contributed by atoms with van der Waals surface area (Å²) >= 11 is 0. The van der Waals surface area contributed by atoms with Crippen LogP contribution in [-0.2, 0) is 9.53 Å². The minimum atomic E-state index is -0.461. The third-order valence-corrected chi connectivity index (χ3v) is 3.16. The molecule has 0 radical (unpaired) electrons. The van der Waals surface area contributed by atoms with Crippen LogP contribution in [0.4, 0.5) is 10.5 Å². The Morgan fingerprint density at radius 2 is 2.05 bits per heavy atom. The van der Waals surface area contributed by atoms with E-state index in [-0.39, 0.29) is 5.91 Å². The summed E-state index contributed by atoms with van der Waals surface area (Å²) in [5, 5.41) is 2.81. The number of carbonyl (C=O) groups excluding carboxylic acids is 2. The Hall–Kier alpha value is -2.12. The lowest BCUT2D eigenvalue weighted by molar-refractivity contribution is -0.118. The molecule has 0 atom stereocenters. The van der Waals surface area contributed by atoms with Crippen LogP contribution < -0.4 is 10.1 Å². The Bertz CT molecular complexity index is 527. The zero-order chi connectivity index (χ0) is 15.9. The van der Waals surface area contributed by atoms with Gasteiger partial charge in [0, 0.05) is 38.9 Å². The Labute approximate surface area is 129 Å². The molecule has 2 rings (SSSR count). The number of hydrogen-bond donors (Lipinski definition) is 1. The van der Waals surface area contributed by atoms with E-state index in [1.807, 2.05) is 4.90 Å². The molecule has 1 aliphatic heterocycles. The molecule has 0 saturated carbocycles. The zero-order valence-corrected chi connectivity index (χ0v) is 12.9. The predicted octanol–water partition coefficient (Wildman–Crippen LogP) is 1.02. The molecule has 1 heterocycles. The van der Waals surface area contributed by atoms with Crippen LogP contribution in [0.1, 0.15) is 0 Å². The van der Waals surface area contributed by atoms with Gasteiger partial charge in [-0.3, -0.25) is 9.69 Å². The second-order valence-corrected chi connectivity index (χ2v) is 5.23. The van der Waals surface area contributed by atoms with Gasteiger partial charge >= 0.3 is 6.09 Å². The summed E-state index contributed by atoms with van der Waals surface area (Å²) in [7, 11) is 3.21. The lowest BCUT2D eigenvalue weighted by Crippen LogP contribution is -2.41. The van der Waals surface area contributed by atoms with Crippen LogP contribution in [0.5, 0.6) is 5.75 Å². The lowest BCUT2D eigenvalue weighted by atomic mass is 10.3. The topological polar surface area (TPSA) is 71.1 Å². The van der Waals surface area contributed by atoms with Crippen LogP contribution in [0.2, 0.25) is 0 Å². The maximum atomic E-state index is 12.0. The smallest absolute Gasteiger partial charge is 0.410 e. The third kappa shape index (κ3) is 5.01. The largest absolute Gasteiger partial charge is 0.414 e. The van der Waals surface area contributed by atoms with Crippen molar-refractivity contribution in [3.8, 4) is 5.75 Å². The van der Waals surface area contributed by atoms with Crippen molar-refractivity contribution < 1.29 is 19.1 Å². The molecule has 1 aliphatic rings. The maximum absolute atomic E-state index is 12.0. The highest BCUT2D eigenvalue weighted by atomic mass is 16.6. The second kappa shape index (κ2) is 7.77. The van der Waals surface area contributed by atoms with Gasteiger partial charge in [-0.25, -0.2) is 4.79 Å². The summed E-state index contributed by atoms with van der Waals surface area (Å²) in [6.45, 7) is 3.15. The monoisotopic (exact) mass is 307 g/mol. The molecule has 1 fully saturated rings. The fourth-order valence-electron chi connectivity index (χ4n) is 1.99. The summed E-state index contributed by atoms with van der Waals surface area (Å²) in [4.78, 5) is 26.9. The second-order valence-electron chi connectivity index (χ2n) is 5.23. The molecule has 1 aromatic carbocycles. The van der Waals surface area contributed by atoms with E-state index in [4.69, 9.17) is 9.47 Å². The van der Waals surface area contributed by atoms with Crippen LogP contribution in [-0.4, -0.2) is 68.7 Å². The highest BCUT2D eigenvalue weighted by molar-refractivity contribution is 5.92. The summed E-state index contributed by atoms with van der Waals surface area (Å²) in [5.41, 5.74) is 0.599. The van der Waals surface area contributed by atoms with Gasteiger partial charge < -0.3 is 19.7 Å². The average Bonchev–Trinajstić information content (AvgIpc) is 2.48. The predicted molar refractivity (Wildman–Crippen MR) is 82.0 cm³/mol. The highest BCUT2D eigenvalue weighted by Gasteiger charge is 2.14. The standard InChI is InChI=1S/C15H21N3O4/c1-17(2)15(20)22-13-5-3-4-12(10-13)16-14(19)11-18-6-8-21-9-7-18/h3-5,10H,6-9,11H2,1-2H3,(H,16,19). The van der Waals surface area contributed by atoms with Crippen molar-refractivity contribution in [1.29, 1.82) is 0 Å². The van der Waals surface area contributed by atoms with Gasteiger partial charge in [0.1, 0.15) is 5.75 Å². The zero-order valence-electron chi connectivity index (χ0n) is 12.9. The number of rotatable bonds is 4. The number of nitrogens with one attached hydrogen (secondary N) is 1. The fourth-order valence-corrected chi connectivity index (χ4v) is 1.99. The summed E-state index contributed by atoms with van der Waals surface area (Å²) in [6, 6.07) is 6.77. The van der Waals surface area contributed by atoms with Crippen molar-refractivity contribution >= 4 is 17.7 Å². The Balaban J connectivity index is 1.89. The van der Waals surface area contributed by atoms with E-state index in [2.05, 4.69) is 5.32 Å². The van der Waals surface area contributed by atoms with Gasteiger partial charge in [-0.1, -0.05) is 6.07 Å². The van der Waals surface area contributed by atoms with E-state index in [9.17, 15) is 9.59 Å². The average molecular weight is 307 g/mol. The number of benzene rings is 1. The van der Waals surface area contributed by atoms with Gasteiger partial charge in [0.05, 0.1) is 19.8 Å². The highest BCUT2D eigenvalue weighted by Crippen LogP contribution is 2.18. The van der Waals surface area contributed by atoms with Crippen molar-refractivity contribution in [3.63, 3.8) is 0 Å². The number of amides is 2. The number of ether oxygens (including phenoxy) is 2. The van der Waals surface area contributed by atoms with Crippen molar-refractivity contribution in [1.82, 2.24) is 9.80 Å². The molecule has 2 amide bonds. The van der Waals surface area contributed by atoms with Gasteiger partial charge in [-0.05, 0) is 12.1 Å². The Morgan fingerprint density at radius 3 is 2.73 bits per heavy atom. The van der Waals surface area contributed by atoms with Crippen LogP contribution in [0.15, 0.2) is 24.3 Å². The fraction of sp³-hybridized carbons (Fsp3) is 0.467. The Kier molecular flexibility index (Phi) is 5.74. The Morgan fingerprint density at radius 1 is 1.32 bits per heavy atom. The number of anilines is 1. The molecule has 1 saturated heterocycles. The van der Waals surface area contributed by atoms with Gasteiger partial charge in [-0.15, -0.1) is 0 Å². The van der Waals surface area contributed by atoms with E-state index in [1.54, 1.807) is 38.4 Å². The van der Waals surface area contributed by atoms with Crippen molar-refractivity contribution in [2.75, 3.05) is 52.3 Å². The van der Waals surface area contributed by atoms with Crippen LogP contribution >= 0.6 is 0 Å². The molecule has 0 bridgehead atoms. The first-order chi connectivity index (χ1) is 10.5. The minimum Gasteiger partial charge on any atom is -0.410 e. The van der Waals surface area contributed by atoms with Gasteiger partial charge in [-0.2, -0.15) is 0 Å². The van der Waals surface area contributed by atoms with E-state index < -0.39 is 6.09 Å². The molecule has 1 N–H and O–H groups in total. The molecule has 0 unspecified atom stereocenters. The number of carbonyl (C=O) groups is 2. The molecule has 0 aromatic heterocycles.